The molecule has 0 aromatic heterocycles. The van der Waals surface area contributed by atoms with Crippen LogP contribution >= 0.6 is 0 Å². The molecule has 5 aliphatic rings. The van der Waals surface area contributed by atoms with E-state index >= 15 is 0 Å². The van der Waals surface area contributed by atoms with Gasteiger partial charge >= 0.3 is 6.36 Å². The van der Waals surface area contributed by atoms with E-state index in [4.69, 9.17) is 6.42 Å². The third-order valence-electron chi connectivity index (χ3n) is 10.4. The van der Waals surface area contributed by atoms with Crippen LogP contribution in [0, 0.1) is 36.0 Å². The number of carbonyl (C=O) groups is 1. The summed E-state index contributed by atoms with van der Waals surface area (Å²) < 4.78 is 43.2. The summed E-state index contributed by atoms with van der Waals surface area (Å²) in [5, 5.41) is 3.93. The predicted octanol–water partition coefficient (Wildman–Crippen LogP) is 7.88. The van der Waals surface area contributed by atoms with Gasteiger partial charge in [-0.3, -0.25) is 4.79 Å². The second kappa shape index (κ2) is 10.6. The fourth-order valence-electron chi connectivity index (χ4n) is 8.80. The second-order valence-corrected chi connectivity index (χ2v) is 13.0. The number of carbonyl (C=O) groups excluding carboxylic acids is 1. The fraction of sp³-hybridized carbons (Fsp3) is 0.559. The Kier molecular flexibility index (Phi) is 7.24. The summed E-state index contributed by atoms with van der Waals surface area (Å²) in [6.45, 7) is 4.51. The topological polar surface area (TPSA) is 41.6 Å². The lowest BCUT2D eigenvalue weighted by Crippen LogP contribution is -2.57. The van der Waals surface area contributed by atoms with Gasteiger partial charge in [0.2, 0.25) is 0 Å². The largest absolute Gasteiger partial charge is 0.573 e. The minimum Gasteiger partial charge on any atom is -0.406 e. The van der Waals surface area contributed by atoms with Crippen LogP contribution < -0.4 is 10.1 Å². The molecular formula is C34H39F3N2O2. The second-order valence-electron chi connectivity index (χ2n) is 13.0. The van der Waals surface area contributed by atoms with E-state index < -0.39 is 18.3 Å². The Morgan fingerprint density at radius 2 is 1.83 bits per heavy atom. The van der Waals surface area contributed by atoms with Crippen LogP contribution in [-0.2, 0) is 11.2 Å². The van der Waals surface area contributed by atoms with E-state index in [1.807, 2.05) is 12.1 Å². The van der Waals surface area contributed by atoms with Crippen LogP contribution in [0.1, 0.15) is 87.9 Å². The number of amides is 1. The van der Waals surface area contributed by atoms with Crippen LogP contribution in [0.5, 0.6) is 5.75 Å². The van der Waals surface area contributed by atoms with Gasteiger partial charge in [0.05, 0.1) is 6.04 Å². The molecule has 0 spiro atoms. The molecule has 1 aliphatic heterocycles. The van der Waals surface area contributed by atoms with Crippen LogP contribution in [0.3, 0.4) is 0 Å². The van der Waals surface area contributed by atoms with E-state index in [1.165, 1.54) is 44.2 Å². The number of terminal acetylenes is 1. The number of anilines is 1. The summed E-state index contributed by atoms with van der Waals surface area (Å²) in [7, 11) is 0. The Hall–Kier alpha value is -3.14. The summed E-state index contributed by atoms with van der Waals surface area (Å²) in [4.78, 5) is 15.0. The molecule has 4 nitrogen and oxygen atoms in total. The van der Waals surface area contributed by atoms with E-state index in [-0.39, 0.29) is 17.3 Å². The zero-order chi connectivity index (χ0) is 28.9. The van der Waals surface area contributed by atoms with Gasteiger partial charge in [-0.25, -0.2) is 0 Å². The highest BCUT2D eigenvalue weighted by molar-refractivity contribution is 5.94. The van der Waals surface area contributed by atoms with Crippen LogP contribution in [0.4, 0.5) is 18.9 Å². The Morgan fingerprint density at radius 3 is 2.46 bits per heavy atom. The Bertz CT molecular complexity index is 1310. The lowest BCUT2D eigenvalue weighted by molar-refractivity contribution is -0.274. The minimum atomic E-state index is -4.77. The van der Waals surface area contributed by atoms with Gasteiger partial charge in [-0.05, 0) is 115 Å². The molecule has 7 heteroatoms. The van der Waals surface area contributed by atoms with Gasteiger partial charge in [0, 0.05) is 17.3 Å². The van der Waals surface area contributed by atoms with E-state index in [2.05, 4.69) is 42.0 Å². The number of unbranched alkanes of at least 4 members (excludes halogenated alkanes) is 1. The average molecular weight is 565 g/mol. The van der Waals surface area contributed by atoms with Crippen molar-refractivity contribution in [2.24, 2.45) is 23.7 Å². The molecule has 0 saturated heterocycles. The summed E-state index contributed by atoms with van der Waals surface area (Å²) >= 11 is 0. The van der Waals surface area contributed by atoms with Crippen LogP contribution in [0.15, 0.2) is 42.5 Å². The highest BCUT2D eigenvalue weighted by Gasteiger charge is 2.54. The molecule has 1 heterocycles. The van der Waals surface area contributed by atoms with Gasteiger partial charge in [-0.1, -0.05) is 44.9 Å². The average Bonchev–Trinajstić information content (AvgIpc) is 2.92. The zero-order valence-corrected chi connectivity index (χ0v) is 23.8. The molecule has 2 aromatic carbocycles. The predicted molar refractivity (Wildman–Crippen MR) is 153 cm³/mol. The summed E-state index contributed by atoms with van der Waals surface area (Å²) in [6, 6.07) is 12.0. The smallest absolute Gasteiger partial charge is 0.406 e. The van der Waals surface area contributed by atoms with Crippen LogP contribution in [0.2, 0.25) is 0 Å². The highest BCUT2D eigenvalue weighted by atomic mass is 19.4. The van der Waals surface area contributed by atoms with Crippen LogP contribution in [-0.4, -0.2) is 28.8 Å². The molecule has 4 bridgehead atoms. The maximum atomic E-state index is 13.2. The summed E-state index contributed by atoms with van der Waals surface area (Å²) in [6.07, 6.45) is 10.3. The number of alkyl halides is 3. The molecule has 4 atom stereocenters. The van der Waals surface area contributed by atoms with Gasteiger partial charge in [0.25, 0.3) is 5.91 Å². The van der Waals surface area contributed by atoms with E-state index in [0.29, 0.717) is 12.8 Å². The first kappa shape index (κ1) is 28.0. The molecule has 1 N–H and O–H groups in total. The molecule has 2 aromatic rings. The minimum absolute atomic E-state index is 0.160. The van der Waals surface area contributed by atoms with Crippen molar-refractivity contribution in [3.63, 3.8) is 0 Å². The molecule has 0 radical (unpaired) electrons. The highest BCUT2D eigenvalue weighted by Crippen LogP contribution is 2.59. The molecule has 7 rings (SSSR count). The third kappa shape index (κ3) is 5.43. The molecule has 218 valence electrons. The van der Waals surface area contributed by atoms with Gasteiger partial charge in [0.15, 0.2) is 0 Å². The fourth-order valence-corrected chi connectivity index (χ4v) is 8.80. The Morgan fingerprint density at radius 1 is 1.12 bits per heavy atom. The number of halogens is 3. The molecule has 1 amide bonds. The van der Waals surface area contributed by atoms with Crippen molar-refractivity contribution in [2.45, 2.75) is 95.6 Å². The van der Waals surface area contributed by atoms with Crippen LogP contribution in [0.25, 0.3) is 0 Å². The molecule has 4 saturated carbocycles. The number of rotatable bonds is 7. The van der Waals surface area contributed by atoms with Crippen molar-refractivity contribution in [2.75, 3.05) is 5.32 Å². The number of nitrogens with zero attached hydrogens (tertiary/aromatic N) is 1. The number of hydrogen-bond acceptors (Lipinski definition) is 3. The van der Waals surface area contributed by atoms with Crippen molar-refractivity contribution in [3.8, 4) is 18.1 Å². The quantitative estimate of drug-likeness (QED) is 0.348. The molecule has 41 heavy (non-hydrogen) atoms. The van der Waals surface area contributed by atoms with Crippen molar-refractivity contribution in [1.82, 2.24) is 4.90 Å². The lowest BCUT2D eigenvalue weighted by Gasteiger charge is -2.60. The standard InChI is InChI=1S/C34H39F3N2O2/c1-4-6-7-28-16-24-17-29(41-34(35,36)37)12-13-30(24)32(39(28)31(40)5-2)23-8-10-27(11-9-23)38-33-18-22-14-25(19-33)21(3)26(15-22)20-33/h2,8-13,17,21-22,25-26,28,32,38H,4,6-7,14-16,18-20H2,1,3H3/t21?,22?,25?,26?,28-,32-,33?/m0/s1. The zero-order valence-electron chi connectivity index (χ0n) is 23.8. The third-order valence-corrected chi connectivity index (χ3v) is 10.4. The van der Waals surface area contributed by atoms with Crippen molar-refractivity contribution >= 4 is 11.6 Å². The first-order chi connectivity index (χ1) is 19.6. The van der Waals surface area contributed by atoms with Crippen molar-refractivity contribution in [3.05, 3.63) is 59.2 Å². The van der Waals surface area contributed by atoms with Gasteiger partial charge in [-0.2, -0.15) is 0 Å². The normalized spacial score (nSPS) is 31.9. The molecule has 4 fully saturated rings. The monoisotopic (exact) mass is 564 g/mol. The maximum absolute atomic E-state index is 13.2. The maximum Gasteiger partial charge on any atom is 0.573 e. The van der Waals surface area contributed by atoms with E-state index in [9.17, 15) is 18.0 Å². The number of fused-ring (bicyclic) bond motifs is 1. The molecule has 2 unspecified atom stereocenters. The summed E-state index contributed by atoms with van der Waals surface area (Å²) in [5.74, 6) is 4.92. The Balaban J connectivity index is 1.32. The van der Waals surface area contributed by atoms with Gasteiger partial charge < -0.3 is 15.0 Å². The molecule has 4 aliphatic carbocycles. The van der Waals surface area contributed by atoms with Crippen molar-refractivity contribution in [1.29, 1.82) is 0 Å². The number of benzene rings is 2. The van der Waals surface area contributed by atoms with Gasteiger partial charge in [-0.15, -0.1) is 19.6 Å². The molecular weight excluding hydrogens is 525 g/mol. The van der Waals surface area contributed by atoms with E-state index in [0.717, 1.165) is 58.9 Å². The summed E-state index contributed by atoms with van der Waals surface area (Å²) in [5.41, 5.74) is 3.67. The van der Waals surface area contributed by atoms with E-state index in [1.54, 1.807) is 11.0 Å². The van der Waals surface area contributed by atoms with Crippen molar-refractivity contribution < 1.29 is 22.7 Å². The van der Waals surface area contributed by atoms with Gasteiger partial charge in [0.1, 0.15) is 5.75 Å². The lowest BCUT2D eigenvalue weighted by atomic mass is 9.49. The Labute approximate surface area is 241 Å². The SMILES string of the molecule is C#CC(=O)N1[C@@H](CCCC)Cc2cc(OC(F)(F)F)ccc2[C@@H]1c1ccc(NC23CC4CC(C2)C(C)C(C4)C3)cc1. The first-order valence-corrected chi connectivity index (χ1v) is 15.1. The number of hydrogen-bond donors (Lipinski definition) is 1. The number of nitrogens with one attached hydrogen (secondary N) is 1. The number of ether oxygens (including phenoxy) is 1. The first-order valence-electron chi connectivity index (χ1n) is 15.1.